The average molecular weight is 466 g/mol. The zero-order valence-corrected chi connectivity index (χ0v) is 17.9. The zero-order chi connectivity index (χ0) is 23.4. The third kappa shape index (κ3) is 5.04. The van der Waals surface area contributed by atoms with Gasteiger partial charge in [-0.2, -0.15) is 9.78 Å². The summed E-state index contributed by atoms with van der Waals surface area (Å²) in [7, 11) is 0. The molecule has 10 heteroatoms. The Morgan fingerprint density at radius 1 is 1.03 bits per heavy atom. The van der Waals surface area contributed by atoms with Gasteiger partial charge in [-0.3, -0.25) is 19.1 Å². The number of aromatic nitrogens is 4. The molecular formula is C23H17ClFN5O3. The highest BCUT2D eigenvalue weighted by molar-refractivity contribution is 6.30. The molecule has 0 atom stereocenters. The Labute approximate surface area is 191 Å². The third-order valence-electron chi connectivity index (χ3n) is 4.74. The Morgan fingerprint density at radius 2 is 1.82 bits per heavy atom. The number of amides is 1. The first kappa shape index (κ1) is 22.1. The fourth-order valence-electron chi connectivity index (χ4n) is 3.10. The van der Waals surface area contributed by atoms with Gasteiger partial charge in [0.2, 0.25) is 5.69 Å². The number of benzene rings is 2. The lowest BCUT2D eigenvalue weighted by molar-refractivity contribution is 0.0940. The van der Waals surface area contributed by atoms with Gasteiger partial charge >= 0.3 is 5.69 Å². The molecule has 2 heterocycles. The summed E-state index contributed by atoms with van der Waals surface area (Å²) in [6.07, 6.45) is 1.58. The van der Waals surface area contributed by atoms with Crippen molar-refractivity contribution in [2.24, 2.45) is 0 Å². The van der Waals surface area contributed by atoms with Gasteiger partial charge in [-0.1, -0.05) is 35.9 Å². The van der Waals surface area contributed by atoms with Crippen molar-refractivity contribution >= 4 is 17.5 Å². The van der Waals surface area contributed by atoms with E-state index in [4.69, 9.17) is 11.6 Å². The molecule has 0 saturated heterocycles. The second-order valence-corrected chi connectivity index (χ2v) is 7.48. The highest BCUT2D eigenvalue weighted by atomic mass is 35.5. The number of halogens is 2. The number of carbonyl (C=O) groups excluding carboxylic acids is 1. The minimum Gasteiger partial charge on any atom is -0.345 e. The number of nitrogens with one attached hydrogen (secondary N) is 1. The molecule has 0 aliphatic carbocycles. The summed E-state index contributed by atoms with van der Waals surface area (Å²) in [6, 6.07) is 16.8. The number of rotatable bonds is 6. The standard InChI is InChI=1S/C23H17ClFN5O3/c24-16-4-3-6-19(12-16)30-23(33)29(14-15-7-9-17(25)10-8-15)22(32)20(28-30)21(31)27-13-18-5-1-2-11-26-18/h1-12H,13-14H2,(H,27,31). The van der Waals surface area contributed by atoms with Crippen LogP contribution in [0.1, 0.15) is 21.7 Å². The monoisotopic (exact) mass is 465 g/mol. The molecule has 4 aromatic rings. The second kappa shape index (κ2) is 9.58. The summed E-state index contributed by atoms with van der Waals surface area (Å²) >= 11 is 6.05. The minimum atomic E-state index is -0.874. The van der Waals surface area contributed by atoms with E-state index in [1.807, 2.05) is 0 Å². The predicted molar refractivity (Wildman–Crippen MR) is 120 cm³/mol. The molecule has 166 valence electrons. The van der Waals surface area contributed by atoms with Crippen molar-refractivity contribution < 1.29 is 9.18 Å². The maximum absolute atomic E-state index is 13.3. The number of pyridine rings is 1. The Balaban J connectivity index is 1.78. The molecule has 33 heavy (non-hydrogen) atoms. The summed E-state index contributed by atoms with van der Waals surface area (Å²) in [5, 5.41) is 6.97. The first-order chi connectivity index (χ1) is 15.9. The molecule has 1 amide bonds. The van der Waals surface area contributed by atoms with Crippen molar-refractivity contribution in [2.45, 2.75) is 13.1 Å². The van der Waals surface area contributed by atoms with Crippen molar-refractivity contribution in [2.75, 3.05) is 0 Å². The predicted octanol–water partition coefficient (Wildman–Crippen LogP) is 2.56. The normalized spacial score (nSPS) is 10.7. The van der Waals surface area contributed by atoms with Gasteiger partial charge in [0, 0.05) is 11.2 Å². The van der Waals surface area contributed by atoms with Crippen LogP contribution in [-0.4, -0.2) is 25.2 Å². The fourth-order valence-corrected chi connectivity index (χ4v) is 3.29. The topological polar surface area (TPSA) is 98.9 Å². The van der Waals surface area contributed by atoms with Gasteiger partial charge in [-0.25, -0.2) is 9.18 Å². The summed E-state index contributed by atoms with van der Waals surface area (Å²) in [6.45, 7) is -0.114. The van der Waals surface area contributed by atoms with Crippen LogP contribution in [0.5, 0.6) is 0 Å². The van der Waals surface area contributed by atoms with E-state index in [0.717, 1.165) is 9.25 Å². The van der Waals surface area contributed by atoms with Gasteiger partial charge in [-0.15, -0.1) is 0 Å². The van der Waals surface area contributed by atoms with Crippen LogP contribution in [-0.2, 0) is 13.1 Å². The Morgan fingerprint density at radius 3 is 2.52 bits per heavy atom. The quantitative estimate of drug-likeness (QED) is 0.472. The lowest BCUT2D eigenvalue weighted by Crippen LogP contribution is -2.46. The molecule has 0 fully saturated rings. The highest BCUT2D eigenvalue weighted by Gasteiger charge is 2.20. The van der Waals surface area contributed by atoms with E-state index in [2.05, 4.69) is 15.4 Å². The number of nitrogens with zero attached hydrogens (tertiary/aromatic N) is 4. The van der Waals surface area contributed by atoms with Crippen molar-refractivity contribution in [3.05, 3.63) is 122 Å². The van der Waals surface area contributed by atoms with Gasteiger partial charge in [-0.05, 0) is 48.0 Å². The molecule has 0 bridgehead atoms. The molecule has 2 aromatic heterocycles. The van der Waals surface area contributed by atoms with E-state index in [-0.39, 0.29) is 18.8 Å². The zero-order valence-electron chi connectivity index (χ0n) is 17.1. The third-order valence-corrected chi connectivity index (χ3v) is 4.97. The van der Waals surface area contributed by atoms with Gasteiger partial charge in [0.05, 0.1) is 24.5 Å². The first-order valence-corrected chi connectivity index (χ1v) is 10.2. The first-order valence-electron chi connectivity index (χ1n) is 9.85. The molecular weight excluding hydrogens is 449 g/mol. The number of carbonyl (C=O) groups is 1. The van der Waals surface area contributed by atoms with Crippen molar-refractivity contribution in [3.63, 3.8) is 0 Å². The molecule has 0 aliphatic rings. The Hall–Kier alpha value is -4.11. The number of hydrogen-bond acceptors (Lipinski definition) is 5. The minimum absolute atomic E-state index is 0.0645. The molecule has 0 spiro atoms. The maximum atomic E-state index is 13.3. The SMILES string of the molecule is O=C(NCc1ccccn1)c1nn(-c2cccc(Cl)c2)c(=O)n(Cc2ccc(F)cc2)c1=O. The van der Waals surface area contributed by atoms with Crippen molar-refractivity contribution in [1.29, 1.82) is 0 Å². The van der Waals surface area contributed by atoms with Gasteiger partial charge < -0.3 is 5.32 Å². The Bertz CT molecular complexity index is 1420. The van der Waals surface area contributed by atoms with E-state index in [9.17, 15) is 18.8 Å². The van der Waals surface area contributed by atoms with E-state index in [1.54, 1.807) is 42.6 Å². The van der Waals surface area contributed by atoms with Crippen LogP contribution in [0.4, 0.5) is 4.39 Å². The van der Waals surface area contributed by atoms with E-state index in [0.29, 0.717) is 16.3 Å². The highest BCUT2D eigenvalue weighted by Crippen LogP contribution is 2.12. The van der Waals surface area contributed by atoms with Gasteiger partial charge in [0.25, 0.3) is 11.5 Å². The summed E-state index contributed by atoms with van der Waals surface area (Å²) in [5.74, 6) is -1.22. The van der Waals surface area contributed by atoms with Crippen LogP contribution in [0, 0.1) is 5.82 Å². The second-order valence-electron chi connectivity index (χ2n) is 7.04. The largest absolute Gasteiger partial charge is 0.352 e. The Kier molecular flexibility index (Phi) is 6.41. The smallest absolute Gasteiger partial charge is 0.345 e. The number of hydrogen-bond donors (Lipinski definition) is 1. The molecule has 1 N–H and O–H groups in total. The van der Waals surface area contributed by atoms with E-state index >= 15 is 0 Å². The molecule has 0 saturated carbocycles. The van der Waals surface area contributed by atoms with Crippen LogP contribution >= 0.6 is 11.6 Å². The van der Waals surface area contributed by atoms with Crippen LogP contribution < -0.4 is 16.6 Å². The van der Waals surface area contributed by atoms with Gasteiger partial charge in [0.1, 0.15) is 5.82 Å². The average Bonchev–Trinajstić information content (AvgIpc) is 2.82. The molecule has 4 rings (SSSR count). The summed E-state index contributed by atoms with van der Waals surface area (Å²) in [4.78, 5) is 43.2. The molecule has 8 nitrogen and oxygen atoms in total. The lowest BCUT2D eigenvalue weighted by atomic mass is 10.2. The van der Waals surface area contributed by atoms with Crippen LogP contribution in [0.15, 0.2) is 82.5 Å². The van der Waals surface area contributed by atoms with Crippen molar-refractivity contribution in [3.8, 4) is 5.69 Å². The molecule has 2 aromatic carbocycles. The molecule has 0 radical (unpaired) electrons. The van der Waals surface area contributed by atoms with Gasteiger partial charge in [0.15, 0.2) is 0 Å². The molecule has 0 unspecified atom stereocenters. The van der Waals surface area contributed by atoms with E-state index in [1.165, 1.54) is 30.3 Å². The fraction of sp³-hybridized carbons (Fsp3) is 0.0870. The van der Waals surface area contributed by atoms with Crippen LogP contribution in [0.2, 0.25) is 5.02 Å². The van der Waals surface area contributed by atoms with Crippen LogP contribution in [0.25, 0.3) is 5.69 Å². The van der Waals surface area contributed by atoms with E-state index < -0.39 is 28.7 Å². The van der Waals surface area contributed by atoms with Crippen LogP contribution in [0.3, 0.4) is 0 Å². The summed E-state index contributed by atoms with van der Waals surface area (Å²) in [5.41, 5.74) is -0.763. The lowest BCUT2D eigenvalue weighted by Gasteiger charge is -2.12. The molecule has 0 aliphatic heterocycles. The summed E-state index contributed by atoms with van der Waals surface area (Å²) < 4.78 is 15.1. The maximum Gasteiger partial charge on any atom is 0.352 e. The van der Waals surface area contributed by atoms with Crippen molar-refractivity contribution in [1.82, 2.24) is 24.6 Å².